The molecule has 228 valence electrons. The number of alkyl halides is 9. The highest BCUT2D eigenvalue weighted by atomic mass is 127. The molecule has 0 bridgehead atoms. The first-order valence-corrected chi connectivity index (χ1v) is 14.6. The van der Waals surface area contributed by atoms with E-state index < -0.39 is 33.4 Å². The lowest BCUT2D eigenvalue weighted by Crippen LogP contribution is -3.61. The topological polar surface area (TPSA) is 75.7 Å². The molecule has 0 radical (unpaired) electrons. The van der Waals surface area contributed by atoms with Crippen LogP contribution in [0.25, 0.3) is 0 Å². The van der Waals surface area contributed by atoms with Crippen molar-refractivity contribution in [1.29, 1.82) is 0 Å². The van der Waals surface area contributed by atoms with E-state index in [1.54, 1.807) is 0 Å². The molecule has 2 aromatic carbocycles. The average Bonchev–Trinajstić information content (AvgIpc) is 2.73. The van der Waals surface area contributed by atoms with Gasteiger partial charge in [0, 0.05) is 0 Å². The first kappa shape index (κ1) is 36.1. The Morgan fingerprint density at radius 2 is 0.900 bits per heavy atom. The van der Waals surface area contributed by atoms with E-state index in [1.165, 1.54) is 7.14 Å². The van der Waals surface area contributed by atoms with Gasteiger partial charge in [-0.05, 0) is 90.1 Å². The van der Waals surface area contributed by atoms with Crippen LogP contribution in [0.2, 0.25) is 0 Å². The lowest BCUT2D eigenvalue weighted by atomic mass is 10.1. The summed E-state index contributed by atoms with van der Waals surface area (Å²) in [5, 5.41) is -7.11. The highest BCUT2D eigenvalue weighted by Crippen LogP contribution is 2.54. The minimum Gasteiger partial charge on any atom is -0.743 e. The van der Waals surface area contributed by atoms with E-state index in [4.69, 9.17) is 9.47 Å². The third kappa shape index (κ3) is 9.56. The maximum atomic E-state index is 12.2. The summed E-state index contributed by atoms with van der Waals surface area (Å²) in [5.41, 5.74) is -0.307. The number of benzene rings is 2. The van der Waals surface area contributed by atoms with Gasteiger partial charge >= 0.3 is 44.5 Å². The molecule has 0 unspecified atom stereocenters. The molecular formula is C24H26F9IO5S. The molecule has 0 heterocycles. The summed E-state index contributed by atoms with van der Waals surface area (Å²) < 4.78 is 150. The molecule has 0 amide bonds. The Labute approximate surface area is 236 Å². The van der Waals surface area contributed by atoms with E-state index in [0.29, 0.717) is 0 Å². The summed E-state index contributed by atoms with van der Waals surface area (Å²) in [5.74, 6) is -13.0. The van der Waals surface area contributed by atoms with Crippen LogP contribution in [-0.2, 0) is 10.1 Å². The average molecular weight is 724 g/mol. The second-order valence-electron chi connectivity index (χ2n) is 10.0. The van der Waals surface area contributed by atoms with Crippen LogP contribution >= 0.6 is 0 Å². The molecule has 0 aromatic heterocycles. The third-order valence-electron chi connectivity index (χ3n) is 4.12. The van der Waals surface area contributed by atoms with E-state index in [2.05, 4.69) is 90.1 Å². The Bertz CT molecular complexity index is 1160. The molecule has 0 spiro atoms. The van der Waals surface area contributed by atoms with Crippen LogP contribution in [0.5, 0.6) is 11.5 Å². The van der Waals surface area contributed by atoms with Crippen LogP contribution in [0.1, 0.15) is 41.5 Å². The Hall–Kier alpha value is -1.95. The maximum absolute atomic E-state index is 12.2. The fourth-order valence-corrected chi connectivity index (χ4v) is 5.08. The molecule has 16 heteroatoms. The molecule has 40 heavy (non-hydrogen) atoms. The van der Waals surface area contributed by atoms with E-state index in [-0.39, 0.29) is 32.4 Å². The number of hydrogen-bond acceptors (Lipinski definition) is 5. The van der Waals surface area contributed by atoms with Crippen LogP contribution in [0.15, 0.2) is 48.5 Å². The van der Waals surface area contributed by atoms with Gasteiger partial charge in [0.2, 0.25) is 0 Å². The van der Waals surface area contributed by atoms with Crippen molar-refractivity contribution in [2.75, 3.05) is 0 Å². The van der Waals surface area contributed by atoms with Crippen molar-refractivity contribution in [3.63, 3.8) is 0 Å². The zero-order valence-electron chi connectivity index (χ0n) is 21.8. The van der Waals surface area contributed by atoms with E-state index >= 15 is 0 Å². The molecule has 2 aromatic rings. The highest BCUT2D eigenvalue weighted by Gasteiger charge is 2.83. The fourth-order valence-electron chi connectivity index (χ4n) is 2.48. The minimum absolute atomic E-state index is 0.153. The molecule has 0 fully saturated rings. The lowest BCUT2D eigenvalue weighted by Gasteiger charge is -2.34. The predicted octanol–water partition coefficient (Wildman–Crippen LogP) is 4.13. The van der Waals surface area contributed by atoms with Crippen molar-refractivity contribution < 1.29 is 83.2 Å². The number of hydrogen-bond donors (Lipinski definition) is 0. The van der Waals surface area contributed by atoms with Crippen molar-refractivity contribution >= 4 is 10.1 Å². The summed E-state index contributed by atoms with van der Waals surface area (Å²) in [6.45, 7) is 12.4. The number of rotatable bonds is 7. The van der Waals surface area contributed by atoms with Gasteiger partial charge in [-0.1, -0.05) is 0 Å². The van der Waals surface area contributed by atoms with Gasteiger partial charge in [-0.3, -0.25) is 0 Å². The van der Waals surface area contributed by atoms with Crippen molar-refractivity contribution in [3.8, 4) is 11.5 Å². The molecule has 0 saturated heterocycles. The Balaban J connectivity index is 0.000000421. The molecule has 0 N–H and O–H groups in total. The molecule has 0 aliphatic carbocycles. The van der Waals surface area contributed by atoms with Gasteiger partial charge in [-0.15, -0.1) is 0 Å². The van der Waals surface area contributed by atoms with Gasteiger partial charge in [0.15, 0.2) is 17.3 Å². The smallest absolute Gasteiger partial charge is 0.460 e. The van der Waals surface area contributed by atoms with E-state index in [9.17, 15) is 52.5 Å². The SMILES string of the molecule is CC(C)(C)Oc1ccc([I+]c2ccc(OC(C)(C)C)cc2)cc1.O=S(=O)([O-])C(F)(F)C(F)(F)C(F)(F)C(F)(F)F. The minimum atomic E-state index is -7.43. The molecule has 0 aliphatic heterocycles. The maximum Gasteiger partial charge on any atom is 0.460 e. The molecule has 5 nitrogen and oxygen atoms in total. The molecule has 0 atom stereocenters. The van der Waals surface area contributed by atoms with Gasteiger partial charge < -0.3 is 14.0 Å². The summed E-state index contributed by atoms with van der Waals surface area (Å²) >= 11 is -0.176. The van der Waals surface area contributed by atoms with Gasteiger partial charge in [0.25, 0.3) is 0 Å². The first-order valence-electron chi connectivity index (χ1n) is 11.0. The molecule has 0 aliphatic rings. The largest absolute Gasteiger partial charge is 0.743 e. The van der Waals surface area contributed by atoms with Crippen LogP contribution in [0, 0.1) is 7.14 Å². The van der Waals surface area contributed by atoms with Crippen molar-refractivity contribution in [2.45, 2.75) is 76.0 Å². The van der Waals surface area contributed by atoms with Crippen LogP contribution in [0.4, 0.5) is 39.5 Å². The Morgan fingerprint density at radius 1 is 0.600 bits per heavy atom. The molecule has 2 rings (SSSR count). The lowest BCUT2D eigenvalue weighted by molar-refractivity contribution is -0.597. The molecule has 0 saturated carbocycles. The molecular weight excluding hydrogens is 698 g/mol. The van der Waals surface area contributed by atoms with Gasteiger partial charge in [0.05, 0.1) is 0 Å². The van der Waals surface area contributed by atoms with Crippen molar-refractivity contribution in [1.82, 2.24) is 0 Å². The van der Waals surface area contributed by atoms with E-state index in [0.717, 1.165) is 11.5 Å². The quantitative estimate of drug-likeness (QED) is 0.244. The van der Waals surface area contributed by atoms with Gasteiger partial charge in [-0.2, -0.15) is 39.5 Å². The van der Waals surface area contributed by atoms with Gasteiger partial charge in [0.1, 0.15) is 22.7 Å². The van der Waals surface area contributed by atoms with Gasteiger partial charge in [-0.25, -0.2) is 8.42 Å². The Kier molecular flexibility index (Phi) is 10.9. The number of halogens is 10. The van der Waals surface area contributed by atoms with Crippen LogP contribution < -0.4 is 30.7 Å². The Morgan fingerprint density at radius 3 is 1.12 bits per heavy atom. The summed E-state index contributed by atoms with van der Waals surface area (Å²) in [6.07, 6.45) is -7.16. The van der Waals surface area contributed by atoms with Crippen molar-refractivity contribution in [2.24, 2.45) is 0 Å². The standard InChI is InChI=1S/C20H26IO2.C4HF9O3S/c1-19(2,3)22-17-11-7-15(8-12-17)21-16-9-13-18(14-10-16)23-20(4,5)6;5-1(6,3(9,10)11)2(7,8)4(12,13)17(14,15)16/h7-14H,1-6H3;(H,14,15,16)/q+1;/p-1. The summed E-state index contributed by atoms with van der Waals surface area (Å²) in [7, 11) is -7.42. The van der Waals surface area contributed by atoms with Crippen LogP contribution in [0.3, 0.4) is 0 Å². The number of ether oxygens (including phenoxy) is 2. The third-order valence-corrected chi connectivity index (χ3v) is 7.69. The summed E-state index contributed by atoms with van der Waals surface area (Å²) in [4.78, 5) is 0. The zero-order chi connectivity index (χ0) is 31.6. The zero-order valence-corrected chi connectivity index (χ0v) is 24.8. The summed E-state index contributed by atoms with van der Waals surface area (Å²) in [6, 6.07) is 17.0. The monoisotopic (exact) mass is 724 g/mol. The normalized spacial score (nSPS) is 13.8. The highest BCUT2D eigenvalue weighted by molar-refractivity contribution is 7.86. The van der Waals surface area contributed by atoms with Crippen molar-refractivity contribution in [3.05, 3.63) is 55.7 Å². The predicted molar refractivity (Wildman–Crippen MR) is 122 cm³/mol. The first-order chi connectivity index (χ1) is 17.6. The fraction of sp³-hybridized carbons (Fsp3) is 0.500. The van der Waals surface area contributed by atoms with Crippen LogP contribution in [-0.4, -0.2) is 47.4 Å². The van der Waals surface area contributed by atoms with E-state index in [1.807, 2.05) is 0 Å². The second kappa shape index (κ2) is 12.1. The second-order valence-corrected chi connectivity index (χ2v) is 14.5.